The molecule has 0 radical (unpaired) electrons. The predicted molar refractivity (Wildman–Crippen MR) is 111 cm³/mol. The van der Waals surface area contributed by atoms with E-state index in [1.54, 1.807) is 31.2 Å². The van der Waals surface area contributed by atoms with Crippen LogP contribution >= 0.6 is 15.9 Å². The number of nitrogens with zero attached hydrogens (tertiary/aromatic N) is 1. The summed E-state index contributed by atoms with van der Waals surface area (Å²) in [5.41, 5.74) is 6.53. The number of nitrogens with two attached hydrogens (primary N) is 1. The van der Waals surface area contributed by atoms with E-state index in [4.69, 9.17) is 19.9 Å². The molecule has 1 unspecified atom stereocenters. The van der Waals surface area contributed by atoms with Gasteiger partial charge in [-0.2, -0.15) is 5.26 Å². The van der Waals surface area contributed by atoms with Crippen LogP contribution in [0.25, 0.3) is 5.76 Å². The van der Waals surface area contributed by atoms with Crippen LogP contribution in [0.1, 0.15) is 24.0 Å². The van der Waals surface area contributed by atoms with Crippen molar-refractivity contribution in [1.29, 1.82) is 5.26 Å². The number of methoxy groups -OCH3 is 1. The van der Waals surface area contributed by atoms with E-state index in [2.05, 4.69) is 15.9 Å². The molecule has 30 heavy (non-hydrogen) atoms. The molecule has 0 saturated heterocycles. The van der Waals surface area contributed by atoms with Crippen molar-refractivity contribution in [2.45, 2.75) is 12.8 Å². The summed E-state index contributed by atoms with van der Waals surface area (Å²) in [4.78, 5) is 13.0. The Morgan fingerprint density at radius 3 is 2.60 bits per heavy atom. The predicted octanol–water partition coefficient (Wildman–Crippen LogP) is 4.38. The maximum Gasteiger partial charge on any atom is 0.338 e. The lowest BCUT2D eigenvalue weighted by Crippen LogP contribution is -2.26. The number of carbonyl (C=O) groups is 1. The average Bonchev–Trinajstić information content (AvgIpc) is 2.74. The maximum absolute atomic E-state index is 14.8. The summed E-state index contributed by atoms with van der Waals surface area (Å²) in [5, 5.41) is 9.71. The first-order valence-electron chi connectivity index (χ1n) is 8.99. The standard InChI is InChI=1S/C22H18BrFN2O4/c1-3-29-22(27)19-18(15-10-13(23)6-9-17(15)24)16(11-25)21(26)30-20(19)12-4-7-14(28-2)8-5-12/h4-10,18H,3,26H2,1-2H3. The van der Waals surface area contributed by atoms with E-state index >= 15 is 0 Å². The number of rotatable bonds is 5. The van der Waals surface area contributed by atoms with Gasteiger partial charge >= 0.3 is 5.97 Å². The zero-order chi connectivity index (χ0) is 21.8. The summed E-state index contributed by atoms with van der Waals surface area (Å²) >= 11 is 3.31. The van der Waals surface area contributed by atoms with Gasteiger partial charge in [0.25, 0.3) is 0 Å². The lowest BCUT2D eigenvalue weighted by atomic mass is 9.81. The van der Waals surface area contributed by atoms with Crippen LogP contribution < -0.4 is 10.5 Å². The molecule has 0 bridgehead atoms. The third kappa shape index (κ3) is 4.02. The highest BCUT2D eigenvalue weighted by Crippen LogP contribution is 2.44. The van der Waals surface area contributed by atoms with Gasteiger partial charge in [-0.3, -0.25) is 0 Å². The minimum absolute atomic E-state index is 0.00948. The number of esters is 1. The Labute approximate surface area is 181 Å². The summed E-state index contributed by atoms with van der Waals surface area (Å²) in [5.74, 6) is -1.94. The van der Waals surface area contributed by atoms with Gasteiger partial charge in [0.2, 0.25) is 5.88 Å². The Kier molecular flexibility index (Phi) is 6.43. The van der Waals surface area contributed by atoms with E-state index in [1.165, 1.54) is 25.3 Å². The van der Waals surface area contributed by atoms with Crippen molar-refractivity contribution >= 4 is 27.7 Å². The first-order chi connectivity index (χ1) is 14.4. The molecule has 2 N–H and O–H groups in total. The van der Waals surface area contributed by atoms with E-state index in [0.717, 1.165) is 0 Å². The van der Waals surface area contributed by atoms with Gasteiger partial charge in [0.15, 0.2) is 0 Å². The molecule has 8 heteroatoms. The second-order valence-electron chi connectivity index (χ2n) is 6.28. The Morgan fingerprint density at radius 2 is 2.00 bits per heavy atom. The van der Waals surface area contributed by atoms with Crippen molar-refractivity contribution in [3.05, 3.63) is 80.9 Å². The van der Waals surface area contributed by atoms with E-state index in [0.29, 0.717) is 15.8 Å². The van der Waals surface area contributed by atoms with Crippen molar-refractivity contribution in [2.24, 2.45) is 5.73 Å². The van der Waals surface area contributed by atoms with Gasteiger partial charge in [-0.05, 0) is 49.4 Å². The zero-order valence-electron chi connectivity index (χ0n) is 16.2. The van der Waals surface area contributed by atoms with E-state index in [-0.39, 0.29) is 35.0 Å². The first kappa shape index (κ1) is 21.4. The topological polar surface area (TPSA) is 94.6 Å². The summed E-state index contributed by atoms with van der Waals surface area (Å²) in [6.07, 6.45) is 0. The summed E-state index contributed by atoms with van der Waals surface area (Å²) in [6.45, 7) is 1.74. The van der Waals surface area contributed by atoms with Crippen molar-refractivity contribution in [3.8, 4) is 11.8 Å². The summed E-state index contributed by atoms with van der Waals surface area (Å²) in [6, 6.07) is 12.9. The SMILES string of the molecule is CCOC(=O)C1=C(c2ccc(OC)cc2)OC(N)=C(C#N)C1c1cc(Br)ccc1F. The van der Waals surface area contributed by atoms with Crippen LogP contribution in [0.5, 0.6) is 5.75 Å². The molecular weight excluding hydrogens is 455 g/mol. The van der Waals surface area contributed by atoms with Gasteiger partial charge in [-0.25, -0.2) is 9.18 Å². The number of allylic oxidation sites excluding steroid dienone is 1. The number of hydrogen-bond acceptors (Lipinski definition) is 6. The molecule has 6 nitrogen and oxygen atoms in total. The number of ether oxygens (including phenoxy) is 3. The number of halogens is 2. The second-order valence-corrected chi connectivity index (χ2v) is 7.20. The van der Waals surface area contributed by atoms with Crippen molar-refractivity contribution < 1.29 is 23.4 Å². The molecule has 154 valence electrons. The fourth-order valence-corrected chi connectivity index (χ4v) is 3.56. The lowest BCUT2D eigenvalue weighted by Gasteiger charge is -2.28. The number of benzene rings is 2. The fraction of sp³-hybridized carbons (Fsp3) is 0.182. The minimum atomic E-state index is -1.10. The molecule has 2 aromatic carbocycles. The van der Waals surface area contributed by atoms with Crippen LogP contribution in [-0.4, -0.2) is 19.7 Å². The number of carbonyl (C=O) groups excluding carboxylic acids is 1. The van der Waals surface area contributed by atoms with Gasteiger partial charge in [0, 0.05) is 15.6 Å². The molecule has 1 heterocycles. The molecule has 1 aliphatic heterocycles. The largest absolute Gasteiger partial charge is 0.497 e. The molecule has 3 rings (SSSR count). The molecular formula is C22H18BrFN2O4. The minimum Gasteiger partial charge on any atom is -0.497 e. The highest BCUT2D eigenvalue weighted by molar-refractivity contribution is 9.10. The van der Waals surface area contributed by atoms with E-state index in [9.17, 15) is 14.4 Å². The van der Waals surface area contributed by atoms with Crippen molar-refractivity contribution in [3.63, 3.8) is 0 Å². The van der Waals surface area contributed by atoms with Crippen LogP contribution in [0.3, 0.4) is 0 Å². The first-order valence-corrected chi connectivity index (χ1v) is 9.78. The average molecular weight is 473 g/mol. The molecule has 1 aliphatic rings. The third-order valence-electron chi connectivity index (χ3n) is 4.54. The van der Waals surface area contributed by atoms with Gasteiger partial charge in [0.1, 0.15) is 29.0 Å². The van der Waals surface area contributed by atoms with E-state index in [1.807, 2.05) is 6.07 Å². The van der Waals surface area contributed by atoms with Crippen molar-refractivity contribution in [1.82, 2.24) is 0 Å². The second kappa shape index (κ2) is 9.01. The normalized spacial score (nSPS) is 16.0. The molecule has 0 aromatic heterocycles. The van der Waals surface area contributed by atoms with Gasteiger partial charge in [0.05, 0.1) is 25.2 Å². The highest BCUT2D eigenvalue weighted by Gasteiger charge is 2.39. The molecule has 0 spiro atoms. The highest BCUT2D eigenvalue weighted by atomic mass is 79.9. The summed E-state index contributed by atoms with van der Waals surface area (Å²) < 4.78 is 31.5. The fourth-order valence-electron chi connectivity index (χ4n) is 3.18. The summed E-state index contributed by atoms with van der Waals surface area (Å²) in [7, 11) is 1.53. The van der Waals surface area contributed by atoms with Gasteiger partial charge in [-0.1, -0.05) is 15.9 Å². The molecule has 1 atom stereocenters. The van der Waals surface area contributed by atoms with Crippen LogP contribution in [0, 0.1) is 17.1 Å². The molecule has 2 aromatic rings. The molecule has 0 saturated carbocycles. The van der Waals surface area contributed by atoms with Crippen LogP contribution in [0.4, 0.5) is 4.39 Å². The zero-order valence-corrected chi connectivity index (χ0v) is 17.8. The Bertz CT molecular complexity index is 1090. The molecule has 0 amide bonds. The molecule has 0 fully saturated rings. The Hall–Kier alpha value is -3.31. The lowest BCUT2D eigenvalue weighted by molar-refractivity contribution is -0.138. The smallest absolute Gasteiger partial charge is 0.338 e. The van der Waals surface area contributed by atoms with Crippen LogP contribution in [0.2, 0.25) is 0 Å². The van der Waals surface area contributed by atoms with Crippen molar-refractivity contribution in [2.75, 3.05) is 13.7 Å². The molecule has 0 aliphatic carbocycles. The number of nitriles is 1. The Morgan fingerprint density at radius 1 is 1.30 bits per heavy atom. The quantitative estimate of drug-likeness (QED) is 0.648. The number of hydrogen-bond donors (Lipinski definition) is 1. The van der Waals surface area contributed by atoms with Crippen LogP contribution in [0.15, 0.2) is 64.0 Å². The Balaban J connectivity index is 2.31. The van der Waals surface area contributed by atoms with Gasteiger partial charge in [-0.15, -0.1) is 0 Å². The third-order valence-corrected chi connectivity index (χ3v) is 5.03. The van der Waals surface area contributed by atoms with E-state index < -0.39 is 17.7 Å². The maximum atomic E-state index is 14.8. The van der Waals surface area contributed by atoms with Gasteiger partial charge < -0.3 is 19.9 Å². The monoisotopic (exact) mass is 472 g/mol. The van der Waals surface area contributed by atoms with Crippen LogP contribution in [-0.2, 0) is 14.3 Å².